The summed E-state index contributed by atoms with van der Waals surface area (Å²) in [5.41, 5.74) is 0. The normalized spacial score (nSPS) is 9.80. The van der Waals surface area contributed by atoms with Crippen LogP contribution in [-0.4, -0.2) is 36.6 Å². The fraction of sp³-hybridized carbons (Fsp3) is 0.300. The van der Waals surface area contributed by atoms with Crippen molar-refractivity contribution in [2.45, 2.75) is 0 Å². The van der Waals surface area contributed by atoms with Crippen molar-refractivity contribution in [1.29, 1.82) is 0 Å². The van der Waals surface area contributed by atoms with Crippen LogP contribution in [0.3, 0.4) is 0 Å². The van der Waals surface area contributed by atoms with E-state index in [1.807, 2.05) is 0 Å². The average Bonchev–Trinajstić information content (AvgIpc) is 2.15. The van der Waals surface area contributed by atoms with Crippen LogP contribution in [0.1, 0.15) is 0 Å². The number of hydrogen-bond acceptors (Lipinski definition) is 3. The number of carbonyl (C=O) groups is 1. The average molecular weight is 230 g/mol. The van der Waals surface area contributed by atoms with E-state index in [0.29, 0.717) is 5.02 Å². The van der Waals surface area contributed by atoms with Crippen molar-refractivity contribution in [2.24, 2.45) is 0 Å². The molecule has 15 heavy (non-hydrogen) atoms. The van der Waals surface area contributed by atoms with Crippen molar-refractivity contribution < 1.29 is 14.6 Å². The molecule has 0 spiro atoms. The van der Waals surface area contributed by atoms with Crippen LogP contribution in [0.4, 0.5) is 0 Å². The second-order valence-corrected chi connectivity index (χ2v) is 3.63. The topological polar surface area (TPSA) is 49.8 Å². The number of likely N-dealkylation sites (N-methyl/N-ethyl adjacent to an activating group) is 1. The third-order valence-electron chi connectivity index (χ3n) is 1.77. The summed E-state index contributed by atoms with van der Waals surface area (Å²) in [4.78, 5) is 12.6. The lowest BCUT2D eigenvalue weighted by Gasteiger charge is -2.12. The molecule has 0 saturated carbocycles. The Morgan fingerprint density at radius 2 is 2.20 bits per heavy atom. The molecule has 82 valence electrons. The van der Waals surface area contributed by atoms with Crippen LogP contribution in [0.25, 0.3) is 0 Å². The molecule has 0 saturated heterocycles. The van der Waals surface area contributed by atoms with Crippen molar-refractivity contribution in [3.8, 4) is 11.5 Å². The summed E-state index contributed by atoms with van der Waals surface area (Å²) < 4.78 is 5.12. The van der Waals surface area contributed by atoms with Crippen LogP contribution < -0.4 is 4.74 Å². The first-order valence-electron chi connectivity index (χ1n) is 4.32. The maximum Gasteiger partial charge on any atom is 0.259 e. The molecule has 0 fully saturated rings. The highest BCUT2D eigenvalue weighted by Gasteiger charge is 2.07. The largest absolute Gasteiger partial charge is 0.504 e. The van der Waals surface area contributed by atoms with Gasteiger partial charge < -0.3 is 14.7 Å². The minimum atomic E-state index is -0.177. The molecule has 0 aromatic heterocycles. The van der Waals surface area contributed by atoms with Crippen molar-refractivity contribution >= 4 is 17.5 Å². The van der Waals surface area contributed by atoms with Crippen molar-refractivity contribution in [1.82, 2.24) is 4.90 Å². The van der Waals surface area contributed by atoms with E-state index < -0.39 is 0 Å². The van der Waals surface area contributed by atoms with Gasteiger partial charge in [0.15, 0.2) is 18.1 Å². The molecule has 0 unspecified atom stereocenters. The summed E-state index contributed by atoms with van der Waals surface area (Å²) in [6.07, 6.45) is 0. The molecule has 1 rings (SSSR count). The Morgan fingerprint density at radius 3 is 2.73 bits per heavy atom. The standard InChI is InChI=1S/C10H12ClNO3/c1-12(2)10(14)6-15-9-4-3-7(11)5-8(9)13/h3-5,13H,6H2,1-2H3. The molecule has 0 aliphatic heterocycles. The van der Waals surface area contributed by atoms with Gasteiger partial charge in [-0.05, 0) is 12.1 Å². The zero-order valence-corrected chi connectivity index (χ0v) is 9.28. The minimum absolute atomic E-state index is 0.0749. The smallest absolute Gasteiger partial charge is 0.259 e. The van der Waals surface area contributed by atoms with Gasteiger partial charge in [-0.1, -0.05) is 11.6 Å². The number of halogens is 1. The summed E-state index contributed by atoms with van der Waals surface area (Å²) in [7, 11) is 3.26. The number of phenolic OH excluding ortho intramolecular Hbond substituents is 1. The molecule has 0 radical (unpaired) electrons. The van der Waals surface area contributed by atoms with Gasteiger partial charge in [-0.3, -0.25) is 4.79 Å². The fourth-order valence-electron chi connectivity index (χ4n) is 0.881. The molecular formula is C10H12ClNO3. The molecule has 1 N–H and O–H groups in total. The summed E-state index contributed by atoms with van der Waals surface area (Å²) in [5.74, 6) is -0.00648. The Balaban J connectivity index is 2.62. The van der Waals surface area contributed by atoms with Gasteiger partial charge >= 0.3 is 0 Å². The van der Waals surface area contributed by atoms with Crippen LogP contribution in [-0.2, 0) is 4.79 Å². The van der Waals surface area contributed by atoms with Gasteiger partial charge in [0, 0.05) is 25.2 Å². The Hall–Kier alpha value is -1.42. The minimum Gasteiger partial charge on any atom is -0.504 e. The van der Waals surface area contributed by atoms with E-state index >= 15 is 0 Å². The molecule has 1 amide bonds. The van der Waals surface area contributed by atoms with Crippen LogP contribution in [0.15, 0.2) is 18.2 Å². The third kappa shape index (κ3) is 3.32. The fourth-order valence-corrected chi connectivity index (χ4v) is 1.05. The van der Waals surface area contributed by atoms with E-state index in [9.17, 15) is 9.90 Å². The lowest BCUT2D eigenvalue weighted by molar-refractivity contribution is -0.130. The van der Waals surface area contributed by atoms with E-state index in [1.165, 1.54) is 17.0 Å². The first-order chi connectivity index (χ1) is 7.00. The highest BCUT2D eigenvalue weighted by atomic mass is 35.5. The number of amides is 1. The number of nitrogens with zero attached hydrogens (tertiary/aromatic N) is 1. The third-order valence-corrected chi connectivity index (χ3v) is 2.01. The molecule has 0 bridgehead atoms. The van der Waals surface area contributed by atoms with Gasteiger partial charge in [0.2, 0.25) is 0 Å². The number of rotatable bonds is 3. The highest BCUT2D eigenvalue weighted by Crippen LogP contribution is 2.28. The Bertz CT molecular complexity index is 366. The lowest BCUT2D eigenvalue weighted by atomic mass is 10.3. The number of hydrogen-bond donors (Lipinski definition) is 1. The van der Waals surface area contributed by atoms with Crippen molar-refractivity contribution in [3.05, 3.63) is 23.2 Å². The van der Waals surface area contributed by atoms with Crippen LogP contribution in [0, 0.1) is 0 Å². The summed E-state index contributed by atoms with van der Waals surface area (Å²) in [6, 6.07) is 4.45. The molecule has 0 atom stereocenters. The van der Waals surface area contributed by atoms with Crippen LogP contribution in [0.2, 0.25) is 5.02 Å². The predicted molar refractivity (Wildman–Crippen MR) is 57.3 cm³/mol. The molecule has 1 aromatic carbocycles. The van der Waals surface area contributed by atoms with E-state index in [-0.39, 0.29) is 24.0 Å². The summed E-state index contributed by atoms with van der Waals surface area (Å²) in [5, 5.41) is 9.82. The molecule has 0 aliphatic rings. The van der Waals surface area contributed by atoms with E-state index in [2.05, 4.69) is 0 Å². The quantitative estimate of drug-likeness (QED) is 0.855. The van der Waals surface area contributed by atoms with E-state index in [0.717, 1.165) is 0 Å². The van der Waals surface area contributed by atoms with Gasteiger partial charge in [-0.25, -0.2) is 0 Å². The maximum absolute atomic E-state index is 11.2. The first kappa shape index (κ1) is 11.7. The molecule has 5 heteroatoms. The molecule has 1 aromatic rings. The Morgan fingerprint density at radius 1 is 1.53 bits per heavy atom. The zero-order valence-electron chi connectivity index (χ0n) is 8.53. The summed E-state index contributed by atoms with van der Waals surface area (Å²) in [6.45, 7) is -0.109. The van der Waals surface area contributed by atoms with Crippen molar-refractivity contribution in [2.75, 3.05) is 20.7 Å². The number of ether oxygens (including phenoxy) is 1. The Kier molecular flexibility index (Phi) is 3.80. The number of carbonyl (C=O) groups excluding carboxylic acids is 1. The van der Waals surface area contributed by atoms with Gasteiger partial charge in [0.1, 0.15) is 0 Å². The van der Waals surface area contributed by atoms with Crippen LogP contribution >= 0.6 is 11.6 Å². The molecule has 0 heterocycles. The monoisotopic (exact) mass is 229 g/mol. The van der Waals surface area contributed by atoms with Gasteiger partial charge in [0.25, 0.3) is 5.91 Å². The second-order valence-electron chi connectivity index (χ2n) is 3.19. The van der Waals surface area contributed by atoms with E-state index in [1.54, 1.807) is 20.2 Å². The number of aromatic hydroxyl groups is 1. The van der Waals surface area contributed by atoms with Crippen molar-refractivity contribution in [3.63, 3.8) is 0 Å². The highest BCUT2D eigenvalue weighted by molar-refractivity contribution is 6.30. The number of phenols is 1. The lowest BCUT2D eigenvalue weighted by Crippen LogP contribution is -2.27. The summed E-state index contributed by atoms with van der Waals surface area (Å²) >= 11 is 5.64. The Labute approximate surface area is 93.0 Å². The maximum atomic E-state index is 11.2. The van der Waals surface area contributed by atoms with Crippen LogP contribution in [0.5, 0.6) is 11.5 Å². The first-order valence-corrected chi connectivity index (χ1v) is 4.70. The molecule has 0 aliphatic carbocycles. The number of benzene rings is 1. The van der Waals surface area contributed by atoms with Gasteiger partial charge in [0.05, 0.1) is 0 Å². The second kappa shape index (κ2) is 4.89. The zero-order chi connectivity index (χ0) is 11.4. The van der Waals surface area contributed by atoms with Gasteiger partial charge in [-0.2, -0.15) is 0 Å². The van der Waals surface area contributed by atoms with Gasteiger partial charge in [-0.15, -0.1) is 0 Å². The molecular weight excluding hydrogens is 218 g/mol. The predicted octanol–water partition coefficient (Wildman–Crippen LogP) is 1.51. The SMILES string of the molecule is CN(C)C(=O)COc1ccc(Cl)cc1O. The molecule has 4 nitrogen and oxygen atoms in total. The van der Waals surface area contributed by atoms with E-state index in [4.69, 9.17) is 16.3 Å².